The maximum Gasteiger partial charge on any atom is 0.457 e. The molecule has 258 valence electrons. The molecule has 2 aliphatic carbocycles. The van der Waals surface area contributed by atoms with E-state index in [1.54, 1.807) is 0 Å². The smallest absolute Gasteiger partial charge is 0.403 e. The molecule has 0 N–H and O–H groups in total. The molecule has 1 fully saturated rings. The summed E-state index contributed by atoms with van der Waals surface area (Å²) in [5.41, 5.74) is 12.0. The Morgan fingerprint density at radius 3 is 1.48 bits per heavy atom. The Kier molecular flexibility index (Phi) is 14.3. The van der Waals surface area contributed by atoms with Crippen molar-refractivity contribution in [3.05, 3.63) is 93.3 Å². The van der Waals surface area contributed by atoms with Crippen molar-refractivity contribution in [1.29, 1.82) is 0 Å². The van der Waals surface area contributed by atoms with Crippen molar-refractivity contribution in [2.75, 3.05) is 0 Å². The number of fused-ring (bicyclic) bond motifs is 6. The fraction of sp³-hybridized carbons (Fsp3) is 0.500. The van der Waals surface area contributed by atoms with E-state index in [1.165, 1.54) is 44.8 Å². The third kappa shape index (κ3) is 8.53. The van der Waals surface area contributed by atoms with Gasteiger partial charge in [0.25, 0.3) is 0 Å². The summed E-state index contributed by atoms with van der Waals surface area (Å²) >= 11 is 5.95. The fourth-order valence-corrected chi connectivity index (χ4v) is 6.15. The number of hydrogen-bond donors (Lipinski definition) is 0. The highest BCUT2D eigenvalue weighted by Crippen LogP contribution is 2.39. The Bertz CT molecular complexity index is 1640. The summed E-state index contributed by atoms with van der Waals surface area (Å²) in [5.74, 6) is 0.970. The summed E-state index contributed by atoms with van der Waals surface area (Å²) in [7, 11) is -0.0139. The van der Waals surface area contributed by atoms with Crippen LogP contribution in [0, 0.1) is 0 Å². The summed E-state index contributed by atoms with van der Waals surface area (Å²) in [6.07, 6.45) is 5.66. The van der Waals surface area contributed by atoms with Crippen molar-refractivity contribution in [2.24, 2.45) is 0 Å². The predicted molar refractivity (Wildman–Crippen MR) is 203 cm³/mol. The van der Waals surface area contributed by atoms with Gasteiger partial charge in [0.2, 0.25) is 5.28 Å². The molecule has 0 atom stereocenters. The third-order valence-corrected chi connectivity index (χ3v) is 9.27. The standard InChI is InChI=1S/C15H16N2.C13H11ClN2.C8H17BO2.2C2H6/c1-3-13-12-9-10-7-5-6-8-11(10)15(12)17-14(4-2)16-13;1-2-11-10-7-8-5-3-4-6-9(8)12(10)16-13(14)15-11;1-6-9-10-7(2,3)8(4,5)11-9;2*1-2/h5-8H,3-4,9H2,1-2H3;3-6H,2,7H2,1H3;6H2,1-5H3;2*1-2H3. The maximum absolute atomic E-state index is 5.95. The van der Waals surface area contributed by atoms with E-state index in [2.05, 4.69) is 113 Å². The van der Waals surface area contributed by atoms with Crippen LogP contribution in [0.3, 0.4) is 0 Å². The topological polar surface area (TPSA) is 70.0 Å². The summed E-state index contributed by atoms with van der Waals surface area (Å²) in [6.45, 7) is 24.7. The van der Waals surface area contributed by atoms with Crippen LogP contribution in [-0.2, 0) is 41.4 Å². The molecule has 3 heterocycles. The van der Waals surface area contributed by atoms with Gasteiger partial charge >= 0.3 is 7.12 Å². The lowest BCUT2D eigenvalue weighted by molar-refractivity contribution is 0.00578. The van der Waals surface area contributed by atoms with Gasteiger partial charge in [-0.2, -0.15) is 0 Å². The van der Waals surface area contributed by atoms with Crippen LogP contribution < -0.4 is 0 Å². The number of nitrogens with zero attached hydrogens (tertiary/aromatic N) is 4. The number of aromatic nitrogens is 4. The number of halogens is 1. The number of hydrogen-bond acceptors (Lipinski definition) is 6. The van der Waals surface area contributed by atoms with E-state index in [0.717, 1.165) is 55.6 Å². The zero-order valence-electron chi connectivity index (χ0n) is 31.4. The maximum atomic E-state index is 5.95. The molecule has 6 nitrogen and oxygen atoms in total. The van der Waals surface area contributed by atoms with Gasteiger partial charge in [-0.05, 0) is 69.6 Å². The Hall–Kier alpha value is -3.13. The molecule has 0 bridgehead atoms. The highest BCUT2D eigenvalue weighted by Gasteiger charge is 2.50. The van der Waals surface area contributed by atoms with Crippen molar-refractivity contribution < 1.29 is 9.31 Å². The molecule has 2 aromatic heterocycles. The van der Waals surface area contributed by atoms with Crippen LogP contribution in [0.15, 0.2) is 48.5 Å². The van der Waals surface area contributed by atoms with Gasteiger partial charge in [-0.1, -0.05) is 104 Å². The first-order chi connectivity index (χ1) is 23.0. The van der Waals surface area contributed by atoms with Crippen LogP contribution in [-0.4, -0.2) is 38.3 Å². The average molecular weight is 671 g/mol. The number of rotatable bonds is 4. The second-order valence-electron chi connectivity index (χ2n) is 12.5. The van der Waals surface area contributed by atoms with E-state index in [-0.39, 0.29) is 18.3 Å². The van der Waals surface area contributed by atoms with Crippen LogP contribution in [0.4, 0.5) is 0 Å². The summed E-state index contributed by atoms with van der Waals surface area (Å²) in [6, 6.07) is 16.9. The highest BCUT2D eigenvalue weighted by atomic mass is 35.5. The first kappa shape index (κ1) is 39.3. The molecule has 48 heavy (non-hydrogen) atoms. The van der Waals surface area contributed by atoms with Crippen molar-refractivity contribution in [3.63, 3.8) is 0 Å². The monoisotopic (exact) mass is 670 g/mol. The van der Waals surface area contributed by atoms with E-state index >= 15 is 0 Å². The Morgan fingerprint density at radius 2 is 1.06 bits per heavy atom. The predicted octanol–water partition coefficient (Wildman–Crippen LogP) is 10.6. The first-order valence-electron chi connectivity index (χ1n) is 18.0. The largest absolute Gasteiger partial charge is 0.457 e. The molecule has 0 radical (unpaired) electrons. The zero-order valence-corrected chi connectivity index (χ0v) is 32.2. The number of aryl methyl sites for hydroxylation is 3. The van der Waals surface area contributed by atoms with Gasteiger partial charge in [0, 0.05) is 52.9 Å². The zero-order chi connectivity index (χ0) is 35.6. The molecule has 4 aromatic rings. The van der Waals surface area contributed by atoms with Crippen LogP contribution in [0.5, 0.6) is 0 Å². The Labute approximate surface area is 295 Å². The molecule has 8 heteroatoms. The van der Waals surface area contributed by atoms with E-state index in [0.29, 0.717) is 5.28 Å². The first-order valence-corrected chi connectivity index (χ1v) is 18.4. The number of benzene rings is 2. The lowest BCUT2D eigenvalue weighted by Gasteiger charge is -2.32. The Balaban J connectivity index is 0.000000190. The summed E-state index contributed by atoms with van der Waals surface area (Å²) in [4.78, 5) is 18.0. The van der Waals surface area contributed by atoms with Crippen molar-refractivity contribution in [2.45, 2.75) is 133 Å². The van der Waals surface area contributed by atoms with Crippen LogP contribution in [0.25, 0.3) is 22.5 Å². The van der Waals surface area contributed by atoms with Crippen LogP contribution in [0.2, 0.25) is 11.6 Å². The molecule has 0 saturated carbocycles. The van der Waals surface area contributed by atoms with Gasteiger partial charge in [-0.3, -0.25) is 0 Å². The second kappa shape index (κ2) is 17.5. The molecule has 1 saturated heterocycles. The molecule has 7 rings (SSSR count). The molecule has 0 amide bonds. The SMILES string of the molecule is CC.CC.CCB1OC(C)(C)C(C)(C)O1.CCc1nc(CC)c2c(n1)-c1ccccc1C2.CCc1nc(Cl)nc2c1Cc1ccccc1-2. The minimum absolute atomic E-state index is 0.0139. The molecule has 3 aliphatic rings. The van der Waals surface area contributed by atoms with Gasteiger partial charge in [0.15, 0.2) is 0 Å². The van der Waals surface area contributed by atoms with Crippen molar-refractivity contribution in [3.8, 4) is 22.5 Å². The lowest BCUT2D eigenvalue weighted by Crippen LogP contribution is -2.41. The van der Waals surface area contributed by atoms with Crippen LogP contribution in [0.1, 0.15) is 123 Å². The van der Waals surface area contributed by atoms with Crippen molar-refractivity contribution >= 4 is 18.7 Å². The van der Waals surface area contributed by atoms with Crippen LogP contribution >= 0.6 is 11.6 Å². The van der Waals surface area contributed by atoms with E-state index in [1.807, 2.05) is 33.8 Å². The summed E-state index contributed by atoms with van der Waals surface area (Å²) in [5, 5.41) is 0.354. The average Bonchev–Trinajstić information content (AvgIpc) is 3.74. The lowest BCUT2D eigenvalue weighted by atomic mass is 9.87. The van der Waals surface area contributed by atoms with Crippen molar-refractivity contribution in [1.82, 2.24) is 19.9 Å². The molecule has 0 spiro atoms. The van der Waals surface area contributed by atoms with E-state index in [9.17, 15) is 0 Å². The van der Waals surface area contributed by atoms with E-state index in [4.69, 9.17) is 25.9 Å². The van der Waals surface area contributed by atoms with E-state index < -0.39 is 0 Å². The highest BCUT2D eigenvalue weighted by molar-refractivity contribution is 6.45. The van der Waals surface area contributed by atoms with Gasteiger partial charge in [-0.25, -0.2) is 19.9 Å². The molecular weight excluding hydrogens is 615 g/mol. The molecule has 0 unspecified atom stereocenters. The fourth-order valence-electron chi connectivity index (χ4n) is 5.97. The molecule has 2 aromatic carbocycles. The van der Waals surface area contributed by atoms with Gasteiger partial charge in [0.1, 0.15) is 5.82 Å². The Morgan fingerprint density at radius 1 is 0.625 bits per heavy atom. The van der Waals surface area contributed by atoms with Gasteiger partial charge in [0.05, 0.1) is 22.6 Å². The third-order valence-electron chi connectivity index (χ3n) is 9.11. The summed E-state index contributed by atoms with van der Waals surface area (Å²) < 4.78 is 11.4. The second-order valence-corrected chi connectivity index (χ2v) is 12.8. The normalized spacial score (nSPS) is 15.1. The van der Waals surface area contributed by atoms with Gasteiger partial charge in [-0.15, -0.1) is 0 Å². The minimum atomic E-state index is -0.159. The molecule has 1 aliphatic heterocycles. The van der Waals surface area contributed by atoms with Gasteiger partial charge < -0.3 is 9.31 Å². The quantitative estimate of drug-likeness (QED) is 0.137. The molecular formula is C40H56BClN4O2. The minimum Gasteiger partial charge on any atom is -0.403 e.